The van der Waals surface area contributed by atoms with Crippen LogP contribution in [-0.2, 0) is 9.59 Å². The Hall–Kier alpha value is -2.30. The highest BCUT2D eigenvalue weighted by atomic mass is 16.5. The number of ether oxygens (including phenoxy) is 1. The van der Waals surface area contributed by atoms with Crippen LogP contribution in [0, 0.1) is 23.2 Å². The molecule has 2 amide bonds. The Morgan fingerprint density at radius 1 is 1.33 bits per heavy atom. The lowest BCUT2D eigenvalue weighted by molar-refractivity contribution is -0.122. The van der Waals surface area contributed by atoms with Crippen molar-refractivity contribution in [3.63, 3.8) is 0 Å². The summed E-state index contributed by atoms with van der Waals surface area (Å²) in [6.45, 7) is 1.71. The zero-order valence-electron chi connectivity index (χ0n) is 13.5. The summed E-state index contributed by atoms with van der Waals surface area (Å²) in [7, 11) is 0. The highest BCUT2D eigenvalue weighted by Crippen LogP contribution is 2.70. The summed E-state index contributed by atoms with van der Waals surface area (Å²) in [5, 5.41) is 5.85. The maximum Gasteiger partial charge on any atom is 0.265 e. The predicted molar refractivity (Wildman–Crippen MR) is 89.7 cm³/mol. The molecule has 24 heavy (non-hydrogen) atoms. The van der Waals surface area contributed by atoms with Crippen LogP contribution in [0.1, 0.15) is 26.2 Å². The van der Waals surface area contributed by atoms with E-state index < -0.39 is 6.10 Å². The number of carbonyl (C=O) groups is 2. The van der Waals surface area contributed by atoms with Crippen LogP contribution in [0.5, 0.6) is 5.75 Å². The van der Waals surface area contributed by atoms with Gasteiger partial charge in [-0.3, -0.25) is 9.59 Å². The number of benzene rings is 1. The maximum absolute atomic E-state index is 12.7. The Bertz CT molecular complexity index is 781. The number of allylic oxidation sites excluding steroid dienone is 2. The number of amides is 2. The first-order valence-corrected chi connectivity index (χ1v) is 8.68. The zero-order valence-corrected chi connectivity index (χ0v) is 13.5. The minimum atomic E-state index is -0.492. The molecule has 3 aliphatic carbocycles. The van der Waals surface area contributed by atoms with Gasteiger partial charge in [-0.2, -0.15) is 0 Å². The van der Waals surface area contributed by atoms with E-state index in [2.05, 4.69) is 22.8 Å². The van der Waals surface area contributed by atoms with Gasteiger partial charge in [0.25, 0.3) is 5.91 Å². The molecule has 2 saturated carbocycles. The molecule has 2 fully saturated rings. The van der Waals surface area contributed by atoms with Crippen LogP contribution in [0.25, 0.3) is 0 Å². The van der Waals surface area contributed by atoms with Crippen LogP contribution in [-0.4, -0.2) is 17.9 Å². The molecule has 0 unspecified atom stereocenters. The first-order valence-electron chi connectivity index (χ1n) is 8.68. The van der Waals surface area contributed by atoms with E-state index in [0.717, 1.165) is 6.42 Å². The van der Waals surface area contributed by atoms with E-state index in [4.69, 9.17) is 4.74 Å². The fraction of sp³-hybridized carbons (Fsp3) is 0.474. The summed E-state index contributed by atoms with van der Waals surface area (Å²) >= 11 is 0. The van der Waals surface area contributed by atoms with Crippen molar-refractivity contribution in [2.24, 2.45) is 23.2 Å². The highest BCUT2D eigenvalue weighted by molar-refractivity contribution is 5.99. The summed E-state index contributed by atoms with van der Waals surface area (Å²) in [6.07, 6.45) is 7.57. The van der Waals surface area contributed by atoms with Crippen molar-refractivity contribution in [1.29, 1.82) is 0 Å². The third kappa shape index (κ3) is 1.87. The summed E-state index contributed by atoms with van der Waals surface area (Å²) in [5.41, 5.74) is 1.73. The second-order valence-corrected chi connectivity index (χ2v) is 7.54. The van der Waals surface area contributed by atoms with Crippen molar-refractivity contribution in [1.82, 2.24) is 0 Å². The molecule has 0 aromatic heterocycles. The molecule has 1 aromatic carbocycles. The molecule has 2 N–H and O–H groups in total. The van der Waals surface area contributed by atoms with Gasteiger partial charge in [0.1, 0.15) is 5.75 Å². The molecule has 0 radical (unpaired) electrons. The van der Waals surface area contributed by atoms with Gasteiger partial charge in [0, 0.05) is 11.6 Å². The van der Waals surface area contributed by atoms with Crippen LogP contribution < -0.4 is 15.4 Å². The topological polar surface area (TPSA) is 67.4 Å². The highest BCUT2D eigenvalue weighted by Gasteiger charge is 2.64. The lowest BCUT2D eigenvalue weighted by atomic mass is 9.88. The lowest BCUT2D eigenvalue weighted by Crippen LogP contribution is -2.34. The van der Waals surface area contributed by atoms with Gasteiger partial charge in [-0.25, -0.2) is 0 Å². The maximum atomic E-state index is 12.7. The number of nitrogens with one attached hydrogen (secondary N) is 2. The Labute approximate surface area is 140 Å². The first kappa shape index (κ1) is 14.1. The molecule has 1 heterocycles. The molecule has 1 aliphatic heterocycles. The van der Waals surface area contributed by atoms with Gasteiger partial charge in [-0.05, 0) is 61.6 Å². The summed E-state index contributed by atoms with van der Waals surface area (Å²) in [5.74, 6) is 1.64. The fourth-order valence-electron chi connectivity index (χ4n) is 4.79. The number of fused-ring (bicyclic) bond motifs is 1. The largest absolute Gasteiger partial charge is 0.479 e. The van der Waals surface area contributed by atoms with Crippen molar-refractivity contribution in [3.8, 4) is 5.75 Å². The molecule has 0 saturated heterocycles. The van der Waals surface area contributed by atoms with E-state index >= 15 is 0 Å². The van der Waals surface area contributed by atoms with Gasteiger partial charge in [0.2, 0.25) is 5.91 Å². The van der Waals surface area contributed by atoms with E-state index in [1.807, 2.05) is 6.07 Å². The number of rotatable bonds is 2. The molecule has 4 atom stereocenters. The van der Waals surface area contributed by atoms with Crippen LogP contribution in [0.15, 0.2) is 30.4 Å². The molecule has 1 aromatic rings. The van der Waals surface area contributed by atoms with Crippen LogP contribution >= 0.6 is 0 Å². The van der Waals surface area contributed by atoms with Crippen molar-refractivity contribution in [2.75, 3.05) is 10.6 Å². The van der Waals surface area contributed by atoms with Gasteiger partial charge in [-0.15, -0.1) is 0 Å². The van der Waals surface area contributed by atoms with Crippen molar-refractivity contribution in [2.45, 2.75) is 32.3 Å². The number of hydrogen-bond donors (Lipinski definition) is 2. The van der Waals surface area contributed by atoms with Gasteiger partial charge in [-0.1, -0.05) is 12.2 Å². The summed E-state index contributed by atoms with van der Waals surface area (Å²) in [6, 6.07) is 5.40. The summed E-state index contributed by atoms with van der Waals surface area (Å²) < 4.78 is 5.55. The zero-order chi connectivity index (χ0) is 16.5. The van der Waals surface area contributed by atoms with Crippen LogP contribution in [0.2, 0.25) is 0 Å². The predicted octanol–water partition coefficient (Wildman–Crippen LogP) is 2.95. The van der Waals surface area contributed by atoms with Crippen molar-refractivity contribution >= 4 is 23.2 Å². The second-order valence-electron chi connectivity index (χ2n) is 7.54. The average Bonchev–Trinajstić information content (AvgIpc) is 3.22. The molecule has 5 rings (SSSR count). The van der Waals surface area contributed by atoms with E-state index in [9.17, 15) is 9.59 Å². The first-order chi connectivity index (χ1) is 11.6. The van der Waals surface area contributed by atoms with Crippen LogP contribution in [0.3, 0.4) is 0 Å². The molecule has 5 heteroatoms. The van der Waals surface area contributed by atoms with Gasteiger partial charge < -0.3 is 15.4 Å². The third-order valence-corrected chi connectivity index (χ3v) is 6.24. The Balaban J connectivity index is 1.34. The number of hydrogen-bond acceptors (Lipinski definition) is 3. The lowest BCUT2D eigenvalue weighted by Gasteiger charge is -2.24. The summed E-state index contributed by atoms with van der Waals surface area (Å²) in [4.78, 5) is 24.5. The van der Waals surface area contributed by atoms with E-state index in [1.165, 1.54) is 12.8 Å². The average molecular weight is 324 g/mol. The molecular formula is C19H20N2O3. The molecular weight excluding hydrogens is 304 g/mol. The SMILES string of the molecule is C[C@H]1Oc2ccc(NC(=O)[C@H]3C[C@H]4C=C[C@H]3C43CC3)cc2NC1=O. The van der Waals surface area contributed by atoms with Crippen molar-refractivity contribution in [3.05, 3.63) is 30.4 Å². The van der Waals surface area contributed by atoms with Gasteiger partial charge in [0.15, 0.2) is 6.10 Å². The standard InChI is InChI=1S/C19H20N2O3/c1-10-17(22)21-15-9-12(3-5-16(15)24-10)20-18(23)13-8-11-2-4-14(13)19(11)6-7-19/h2-5,9-11,13-14H,6-8H2,1H3,(H,20,23)(H,21,22)/t10-,11-,13+,14-/m1/s1. The molecule has 124 valence electrons. The monoisotopic (exact) mass is 324 g/mol. The van der Waals surface area contributed by atoms with Gasteiger partial charge >= 0.3 is 0 Å². The Kier molecular flexibility index (Phi) is 2.71. The van der Waals surface area contributed by atoms with Crippen LogP contribution in [0.4, 0.5) is 11.4 Å². The minimum absolute atomic E-state index is 0.0735. The Morgan fingerprint density at radius 3 is 2.92 bits per heavy atom. The van der Waals surface area contributed by atoms with E-state index in [1.54, 1.807) is 19.1 Å². The molecule has 1 spiro atoms. The van der Waals surface area contributed by atoms with E-state index in [-0.39, 0.29) is 17.7 Å². The smallest absolute Gasteiger partial charge is 0.265 e. The number of carbonyl (C=O) groups excluding carboxylic acids is 2. The van der Waals surface area contributed by atoms with Crippen molar-refractivity contribution < 1.29 is 14.3 Å². The molecule has 2 bridgehead atoms. The molecule has 5 nitrogen and oxygen atoms in total. The Morgan fingerprint density at radius 2 is 2.17 bits per heavy atom. The quantitative estimate of drug-likeness (QED) is 0.822. The fourth-order valence-corrected chi connectivity index (χ4v) is 4.79. The molecule has 4 aliphatic rings. The third-order valence-electron chi connectivity index (χ3n) is 6.24. The van der Waals surface area contributed by atoms with Gasteiger partial charge in [0.05, 0.1) is 5.69 Å². The number of anilines is 2. The second kappa shape index (κ2) is 4.62. The normalized spacial score (nSPS) is 33.8. The van der Waals surface area contributed by atoms with E-state index in [0.29, 0.717) is 34.4 Å². The minimum Gasteiger partial charge on any atom is -0.479 e.